The molecule has 1 heterocycles. The second-order valence-corrected chi connectivity index (χ2v) is 3.75. The van der Waals surface area contributed by atoms with E-state index in [0.717, 1.165) is 0 Å². The van der Waals surface area contributed by atoms with Gasteiger partial charge in [-0.05, 0) is 12.5 Å². The summed E-state index contributed by atoms with van der Waals surface area (Å²) in [5.74, 6) is -0.328. The third kappa shape index (κ3) is 2.21. The molecule has 0 bridgehead atoms. The molecule has 4 nitrogen and oxygen atoms in total. The molecule has 1 aromatic carbocycles. The van der Waals surface area contributed by atoms with Gasteiger partial charge in [0.2, 0.25) is 11.2 Å². The highest BCUT2D eigenvalue weighted by Gasteiger charge is 2.19. The van der Waals surface area contributed by atoms with Gasteiger partial charge >= 0.3 is 0 Å². The number of aliphatic hydroxyl groups excluding tert-OH is 1. The van der Waals surface area contributed by atoms with Crippen LogP contribution in [0.2, 0.25) is 0 Å². The van der Waals surface area contributed by atoms with E-state index in [9.17, 15) is 15.0 Å². The van der Waals surface area contributed by atoms with Crippen LogP contribution in [-0.4, -0.2) is 10.2 Å². The number of aryl methyl sites for hydroxylation is 1. The van der Waals surface area contributed by atoms with Crippen LogP contribution in [0, 0.1) is 6.92 Å². The minimum absolute atomic E-state index is 0.124. The lowest BCUT2D eigenvalue weighted by Crippen LogP contribution is -2.08. The van der Waals surface area contributed by atoms with Crippen LogP contribution < -0.4 is 5.43 Å². The Hall–Kier alpha value is -2.07. The van der Waals surface area contributed by atoms with E-state index in [0.29, 0.717) is 11.3 Å². The van der Waals surface area contributed by atoms with Gasteiger partial charge in [-0.3, -0.25) is 4.79 Å². The average Bonchev–Trinajstić information content (AvgIpc) is 2.34. The van der Waals surface area contributed by atoms with Crippen LogP contribution in [0.25, 0.3) is 0 Å². The van der Waals surface area contributed by atoms with Crippen molar-refractivity contribution in [3.05, 3.63) is 63.7 Å². The normalized spacial score (nSPS) is 12.4. The molecule has 88 valence electrons. The van der Waals surface area contributed by atoms with Crippen LogP contribution in [0.5, 0.6) is 5.75 Å². The zero-order valence-corrected chi connectivity index (χ0v) is 9.25. The third-order valence-electron chi connectivity index (χ3n) is 2.44. The maximum atomic E-state index is 11.4. The van der Waals surface area contributed by atoms with Crippen LogP contribution in [0.1, 0.15) is 23.2 Å². The van der Waals surface area contributed by atoms with E-state index in [4.69, 9.17) is 4.42 Å². The topological polar surface area (TPSA) is 70.7 Å². The molecule has 1 atom stereocenters. The van der Waals surface area contributed by atoms with Crippen LogP contribution >= 0.6 is 0 Å². The lowest BCUT2D eigenvalue weighted by Gasteiger charge is -2.11. The monoisotopic (exact) mass is 232 g/mol. The fraction of sp³-hybridized carbons (Fsp3) is 0.154. The fourth-order valence-corrected chi connectivity index (χ4v) is 1.60. The Bertz CT molecular complexity index is 572. The van der Waals surface area contributed by atoms with Crippen LogP contribution in [0.3, 0.4) is 0 Å². The van der Waals surface area contributed by atoms with Crippen molar-refractivity contribution < 1.29 is 14.6 Å². The number of benzene rings is 1. The second kappa shape index (κ2) is 4.43. The van der Waals surface area contributed by atoms with Gasteiger partial charge in [0.15, 0.2) is 5.76 Å². The Morgan fingerprint density at radius 1 is 1.24 bits per heavy atom. The van der Waals surface area contributed by atoms with Gasteiger partial charge < -0.3 is 14.6 Å². The van der Waals surface area contributed by atoms with E-state index < -0.39 is 17.3 Å². The molecular formula is C13H12O4. The molecule has 17 heavy (non-hydrogen) atoms. The first kappa shape index (κ1) is 11.4. The largest absolute Gasteiger partial charge is 0.502 e. The number of hydrogen-bond donors (Lipinski definition) is 2. The fourth-order valence-electron chi connectivity index (χ4n) is 1.60. The van der Waals surface area contributed by atoms with Gasteiger partial charge in [0.1, 0.15) is 11.9 Å². The van der Waals surface area contributed by atoms with E-state index in [1.54, 1.807) is 31.2 Å². The molecule has 0 saturated carbocycles. The van der Waals surface area contributed by atoms with Gasteiger partial charge in [-0.25, -0.2) is 0 Å². The first-order valence-corrected chi connectivity index (χ1v) is 5.16. The number of rotatable bonds is 2. The van der Waals surface area contributed by atoms with Gasteiger partial charge in [-0.2, -0.15) is 0 Å². The summed E-state index contributed by atoms with van der Waals surface area (Å²) in [6, 6.07) is 9.87. The molecule has 0 aliphatic rings. The van der Waals surface area contributed by atoms with E-state index in [2.05, 4.69) is 0 Å². The highest BCUT2D eigenvalue weighted by atomic mass is 16.4. The first-order valence-electron chi connectivity index (χ1n) is 5.16. The maximum Gasteiger partial charge on any atom is 0.227 e. The molecule has 0 saturated heterocycles. The van der Waals surface area contributed by atoms with E-state index >= 15 is 0 Å². The summed E-state index contributed by atoms with van der Waals surface area (Å²) in [6.07, 6.45) is -1.15. The molecule has 0 aliphatic heterocycles. The number of aliphatic hydroxyl groups is 1. The van der Waals surface area contributed by atoms with E-state index in [-0.39, 0.29) is 5.76 Å². The molecule has 1 aromatic heterocycles. The van der Waals surface area contributed by atoms with Gasteiger partial charge in [0.05, 0.1) is 0 Å². The maximum absolute atomic E-state index is 11.4. The summed E-state index contributed by atoms with van der Waals surface area (Å²) in [6.45, 7) is 1.59. The van der Waals surface area contributed by atoms with Crippen molar-refractivity contribution in [1.82, 2.24) is 0 Å². The number of hydrogen-bond acceptors (Lipinski definition) is 4. The quantitative estimate of drug-likeness (QED) is 0.827. The van der Waals surface area contributed by atoms with Crippen LogP contribution in [0.15, 0.2) is 45.6 Å². The SMILES string of the molecule is Cc1cc(=O)c(O)c(C(O)c2ccccc2)o1. The standard InChI is InChI=1S/C13H12O4/c1-8-7-10(14)12(16)13(17-8)11(15)9-5-3-2-4-6-9/h2-7,11,15-16H,1H3. The predicted octanol–water partition coefficient (Wildman–Crippen LogP) is 1.74. The van der Waals surface area contributed by atoms with Gasteiger partial charge in [0.25, 0.3) is 0 Å². The van der Waals surface area contributed by atoms with Crippen molar-refractivity contribution in [3.63, 3.8) is 0 Å². The Morgan fingerprint density at radius 3 is 2.53 bits per heavy atom. The summed E-state index contributed by atoms with van der Waals surface area (Å²) >= 11 is 0. The lowest BCUT2D eigenvalue weighted by atomic mass is 10.1. The molecule has 4 heteroatoms. The first-order chi connectivity index (χ1) is 8.09. The smallest absolute Gasteiger partial charge is 0.227 e. The Labute approximate surface area is 97.8 Å². The van der Waals surface area contributed by atoms with Crippen molar-refractivity contribution in [3.8, 4) is 5.75 Å². The molecule has 2 rings (SSSR count). The summed E-state index contributed by atoms with van der Waals surface area (Å²) in [4.78, 5) is 11.4. The summed E-state index contributed by atoms with van der Waals surface area (Å²) < 4.78 is 5.21. The molecular weight excluding hydrogens is 220 g/mol. The highest BCUT2D eigenvalue weighted by molar-refractivity contribution is 5.33. The highest BCUT2D eigenvalue weighted by Crippen LogP contribution is 2.27. The Morgan fingerprint density at radius 2 is 1.88 bits per heavy atom. The molecule has 0 amide bonds. The molecule has 0 aliphatic carbocycles. The van der Waals surface area contributed by atoms with E-state index in [1.807, 2.05) is 6.07 Å². The number of aromatic hydroxyl groups is 1. The van der Waals surface area contributed by atoms with Crippen LogP contribution in [-0.2, 0) is 0 Å². The van der Waals surface area contributed by atoms with Gasteiger partial charge in [0, 0.05) is 6.07 Å². The Balaban J connectivity index is 2.51. The third-order valence-corrected chi connectivity index (χ3v) is 2.44. The van der Waals surface area contributed by atoms with E-state index in [1.165, 1.54) is 6.07 Å². The molecule has 2 aromatic rings. The second-order valence-electron chi connectivity index (χ2n) is 3.75. The minimum atomic E-state index is -1.15. The molecule has 0 fully saturated rings. The van der Waals surface area contributed by atoms with Crippen molar-refractivity contribution in [2.45, 2.75) is 13.0 Å². The van der Waals surface area contributed by atoms with Crippen molar-refractivity contribution in [2.24, 2.45) is 0 Å². The molecule has 1 unspecified atom stereocenters. The van der Waals surface area contributed by atoms with Crippen molar-refractivity contribution >= 4 is 0 Å². The zero-order chi connectivity index (χ0) is 12.4. The minimum Gasteiger partial charge on any atom is -0.502 e. The zero-order valence-electron chi connectivity index (χ0n) is 9.25. The van der Waals surface area contributed by atoms with Crippen molar-refractivity contribution in [2.75, 3.05) is 0 Å². The van der Waals surface area contributed by atoms with Crippen LogP contribution in [0.4, 0.5) is 0 Å². The van der Waals surface area contributed by atoms with Gasteiger partial charge in [-0.15, -0.1) is 0 Å². The predicted molar refractivity (Wildman–Crippen MR) is 61.9 cm³/mol. The average molecular weight is 232 g/mol. The van der Waals surface area contributed by atoms with Gasteiger partial charge in [-0.1, -0.05) is 30.3 Å². The molecule has 0 radical (unpaired) electrons. The molecule has 2 N–H and O–H groups in total. The summed E-state index contributed by atoms with van der Waals surface area (Å²) in [7, 11) is 0. The van der Waals surface area contributed by atoms with Crippen molar-refractivity contribution in [1.29, 1.82) is 0 Å². The summed E-state index contributed by atoms with van der Waals surface area (Å²) in [5.41, 5.74) is -0.00437. The lowest BCUT2D eigenvalue weighted by molar-refractivity contribution is 0.176. The summed E-state index contributed by atoms with van der Waals surface area (Å²) in [5, 5.41) is 19.6. The Kier molecular flexibility index (Phi) is 2.97. The molecule has 0 spiro atoms.